The summed E-state index contributed by atoms with van der Waals surface area (Å²) in [7, 11) is 0. The zero-order valence-electron chi connectivity index (χ0n) is 12.4. The number of benzene rings is 1. The molecule has 1 saturated heterocycles. The predicted molar refractivity (Wildman–Crippen MR) is 83.0 cm³/mol. The molecule has 0 spiro atoms. The first-order valence-electron chi connectivity index (χ1n) is 7.60. The van der Waals surface area contributed by atoms with Gasteiger partial charge in [-0.1, -0.05) is 12.1 Å². The minimum absolute atomic E-state index is 1.08. The van der Waals surface area contributed by atoms with E-state index in [1.54, 1.807) is 0 Å². The van der Waals surface area contributed by atoms with Crippen LogP contribution in [0.2, 0.25) is 0 Å². The Morgan fingerprint density at radius 1 is 1.16 bits per heavy atom. The number of nitrogens with zero attached hydrogens (tertiary/aromatic N) is 2. The maximum absolute atomic E-state index is 3.40. The molecule has 0 saturated carbocycles. The van der Waals surface area contributed by atoms with Crippen molar-refractivity contribution in [3.05, 3.63) is 29.8 Å². The number of nitrogens with one attached hydrogen (secondary N) is 1. The van der Waals surface area contributed by atoms with Gasteiger partial charge in [0, 0.05) is 51.5 Å². The first-order chi connectivity index (χ1) is 9.33. The highest BCUT2D eigenvalue weighted by Gasteiger charge is 2.09. The van der Waals surface area contributed by atoms with Crippen molar-refractivity contribution in [2.45, 2.75) is 20.3 Å². The Balaban J connectivity index is 1.90. The normalized spacial score (nSPS) is 16.5. The van der Waals surface area contributed by atoms with Crippen LogP contribution in [0.3, 0.4) is 0 Å². The van der Waals surface area contributed by atoms with E-state index >= 15 is 0 Å². The van der Waals surface area contributed by atoms with Gasteiger partial charge in [0.05, 0.1) is 0 Å². The van der Waals surface area contributed by atoms with Crippen LogP contribution in [0.5, 0.6) is 0 Å². The molecule has 3 nitrogen and oxygen atoms in total. The SMILES string of the molecule is CCN(CC)c1cccc(CCN2CCNCC2)c1. The average Bonchev–Trinajstić information content (AvgIpc) is 2.48. The molecule has 0 amide bonds. The molecule has 0 unspecified atom stereocenters. The van der Waals surface area contributed by atoms with Crippen molar-refractivity contribution < 1.29 is 0 Å². The maximum Gasteiger partial charge on any atom is 0.0368 e. The van der Waals surface area contributed by atoms with Crippen LogP contribution in [0.1, 0.15) is 19.4 Å². The minimum Gasteiger partial charge on any atom is -0.372 e. The fraction of sp³-hybridized carbons (Fsp3) is 0.625. The van der Waals surface area contributed by atoms with Crippen LogP contribution in [0.15, 0.2) is 24.3 Å². The van der Waals surface area contributed by atoms with Gasteiger partial charge < -0.3 is 15.1 Å². The number of hydrogen-bond acceptors (Lipinski definition) is 3. The van der Waals surface area contributed by atoms with Gasteiger partial charge in [0.1, 0.15) is 0 Å². The second kappa shape index (κ2) is 7.51. The lowest BCUT2D eigenvalue weighted by Gasteiger charge is -2.27. The fourth-order valence-corrected chi connectivity index (χ4v) is 2.72. The Hall–Kier alpha value is -1.06. The summed E-state index contributed by atoms with van der Waals surface area (Å²) in [5.74, 6) is 0. The molecule has 0 aromatic heterocycles. The Bertz CT molecular complexity index is 368. The third-order valence-corrected chi connectivity index (χ3v) is 3.97. The molecule has 2 rings (SSSR count). The van der Waals surface area contributed by atoms with Crippen LogP contribution in [-0.2, 0) is 6.42 Å². The molecule has 1 aliphatic rings. The topological polar surface area (TPSA) is 18.5 Å². The molecular weight excluding hydrogens is 234 g/mol. The van der Waals surface area contributed by atoms with Gasteiger partial charge in [0.2, 0.25) is 0 Å². The second-order valence-electron chi connectivity index (χ2n) is 5.18. The lowest BCUT2D eigenvalue weighted by atomic mass is 10.1. The first kappa shape index (κ1) is 14.4. The molecule has 1 heterocycles. The zero-order chi connectivity index (χ0) is 13.5. The number of hydrogen-bond donors (Lipinski definition) is 1. The number of piperazine rings is 1. The van der Waals surface area contributed by atoms with E-state index in [-0.39, 0.29) is 0 Å². The fourth-order valence-electron chi connectivity index (χ4n) is 2.72. The Morgan fingerprint density at radius 2 is 1.89 bits per heavy atom. The average molecular weight is 261 g/mol. The summed E-state index contributed by atoms with van der Waals surface area (Å²) in [5, 5.41) is 3.40. The van der Waals surface area contributed by atoms with Crippen LogP contribution in [0.25, 0.3) is 0 Å². The maximum atomic E-state index is 3.40. The zero-order valence-corrected chi connectivity index (χ0v) is 12.4. The van der Waals surface area contributed by atoms with Gasteiger partial charge in [-0.2, -0.15) is 0 Å². The highest BCUT2D eigenvalue weighted by Crippen LogP contribution is 2.16. The molecule has 0 atom stereocenters. The molecular formula is C16H27N3. The largest absolute Gasteiger partial charge is 0.372 e. The van der Waals surface area contributed by atoms with Crippen LogP contribution in [0, 0.1) is 0 Å². The molecule has 1 aromatic carbocycles. The monoisotopic (exact) mass is 261 g/mol. The standard InChI is InChI=1S/C16H27N3/c1-3-19(4-2)16-7-5-6-15(14-16)8-11-18-12-9-17-10-13-18/h5-7,14,17H,3-4,8-13H2,1-2H3. The molecule has 0 radical (unpaired) electrons. The van der Waals surface area contributed by atoms with Crippen LogP contribution in [0.4, 0.5) is 5.69 Å². The van der Waals surface area contributed by atoms with Crippen molar-refractivity contribution >= 4 is 5.69 Å². The van der Waals surface area contributed by atoms with Crippen molar-refractivity contribution in [1.29, 1.82) is 0 Å². The van der Waals surface area contributed by atoms with E-state index in [4.69, 9.17) is 0 Å². The molecule has 3 heteroatoms. The Labute approximate surface area is 117 Å². The van der Waals surface area contributed by atoms with Crippen LogP contribution >= 0.6 is 0 Å². The summed E-state index contributed by atoms with van der Waals surface area (Å²) in [5.41, 5.74) is 2.82. The van der Waals surface area contributed by atoms with Crippen molar-refractivity contribution in [3.63, 3.8) is 0 Å². The van der Waals surface area contributed by atoms with Crippen molar-refractivity contribution in [3.8, 4) is 0 Å². The van der Waals surface area contributed by atoms with Crippen LogP contribution < -0.4 is 10.2 Å². The van der Waals surface area contributed by atoms with E-state index in [1.165, 1.54) is 30.9 Å². The molecule has 0 aliphatic carbocycles. The minimum atomic E-state index is 1.08. The van der Waals surface area contributed by atoms with Gasteiger partial charge in [-0.15, -0.1) is 0 Å². The van der Waals surface area contributed by atoms with Gasteiger partial charge >= 0.3 is 0 Å². The van der Waals surface area contributed by atoms with Gasteiger partial charge in [-0.05, 0) is 38.0 Å². The second-order valence-corrected chi connectivity index (χ2v) is 5.18. The molecule has 1 fully saturated rings. The van der Waals surface area contributed by atoms with Crippen molar-refractivity contribution in [1.82, 2.24) is 10.2 Å². The number of rotatable bonds is 6. The molecule has 1 aliphatic heterocycles. The van der Waals surface area contributed by atoms with E-state index in [9.17, 15) is 0 Å². The summed E-state index contributed by atoms with van der Waals surface area (Å²) in [6.07, 6.45) is 1.16. The third-order valence-electron chi connectivity index (χ3n) is 3.97. The first-order valence-corrected chi connectivity index (χ1v) is 7.60. The predicted octanol–water partition coefficient (Wildman–Crippen LogP) is 1.98. The van der Waals surface area contributed by atoms with Crippen molar-refractivity contribution in [2.75, 3.05) is 50.7 Å². The summed E-state index contributed by atoms with van der Waals surface area (Å²) in [6.45, 7) is 12.4. The Kier molecular flexibility index (Phi) is 5.67. The quantitative estimate of drug-likeness (QED) is 0.845. The summed E-state index contributed by atoms with van der Waals surface area (Å²) < 4.78 is 0. The van der Waals surface area contributed by atoms with E-state index in [0.717, 1.165) is 32.6 Å². The molecule has 0 bridgehead atoms. The van der Waals surface area contributed by atoms with Crippen molar-refractivity contribution in [2.24, 2.45) is 0 Å². The molecule has 1 N–H and O–H groups in total. The van der Waals surface area contributed by atoms with E-state index in [1.807, 2.05) is 0 Å². The summed E-state index contributed by atoms with van der Waals surface area (Å²) >= 11 is 0. The van der Waals surface area contributed by atoms with Gasteiger partial charge in [0.25, 0.3) is 0 Å². The summed E-state index contributed by atoms with van der Waals surface area (Å²) in [6, 6.07) is 9.03. The molecule has 106 valence electrons. The van der Waals surface area contributed by atoms with Gasteiger partial charge in [-0.3, -0.25) is 0 Å². The highest BCUT2D eigenvalue weighted by atomic mass is 15.2. The Morgan fingerprint density at radius 3 is 2.58 bits per heavy atom. The lowest BCUT2D eigenvalue weighted by molar-refractivity contribution is 0.244. The lowest BCUT2D eigenvalue weighted by Crippen LogP contribution is -2.44. The van der Waals surface area contributed by atoms with E-state index < -0.39 is 0 Å². The number of anilines is 1. The third kappa shape index (κ3) is 4.22. The molecule has 19 heavy (non-hydrogen) atoms. The molecule has 1 aromatic rings. The van der Waals surface area contributed by atoms with Crippen LogP contribution in [-0.4, -0.2) is 50.7 Å². The van der Waals surface area contributed by atoms with Gasteiger partial charge in [-0.25, -0.2) is 0 Å². The highest BCUT2D eigenvalue weighted by molar-refractivity contribution is 5.48. The smallest absolute Gasteiger partial charge is 0.0368 e. The van der Waals surface area contributed by atoms with E-state index in [0.29, 0.717) is 0 Å². The van der Waals surface area contributed by atoms with E-state index in [2.05, 4.69) is 53.2 Å². The van der Waals surface area contributed by atoms with Gasteiger partial charge in [0.15, 0.2) is 0 Å². The summed E-state index contributed by atoms with van der Waals surface area (Å²) in [4.78, 5) is 4.97.